The van der Waals surface area contributed by atoms with Crippen molar-refractivity contribution in [2.24, 2.45) is 0 Å². The molecule has 0 saturated carbocycles. The van der Waals surface area contributed by atoms with Crippen LogP contribution in [-0.4, -0.2) is 22.0 Å². The van der Waals surface area contributed by atoms with Crippen molar-refractivity contribution in [1.82, 2.24) is 0 Å². The lowest BCUT2D eigenvalue weighted by Gasteiger charge is -2.09. The Labute approximate surface area is 182 Å². The Bertz CT molecular complexity index is 1320. The Morgan fingerprint density at radius 2 is 1.74 bits per heavy atom. The largest absolute Gasteiger partial charge is 0.508 e. The maximum absolute atomic E-state index is 13.3. The maximum atomic E-state index is 13.3. The number of ether oxygens (including phenoxy) is 1. The summed E-state index contributed by atoms with van der Waals surface area (Å²) in [5.41, 5.74) is 2.18. The molecule has 154 valence electrons. The number of rotatable bonds is 6. The van der Waals surface area contributed by atoms with Crippen molar-refractivity contribution >= 4 is 39.3 Å². The molecule has 0 spiro atoms. The molecule has 2 N–H and O–H groups in total. The van der Waals surface area contributed by atoms with Gasteiger partial charge in [-0.1, -0.05) is 36.4 Å². The van der Waals surface area contributed by atoms with Gasteiger partial charge in [-0.25, -0.2) is 4.79 Å². The molecule has 0 bridgehead atoms. The number of fused-ring (bicyclic) bond motifs is 1. The van der Waals surface area contributed by atoms with E-state index in [0.29, 0.717) is 27.5 Å². The summed E-state index contributed by atoms with van der Waals surface area (Å²) < 4.78 is 6.88. The van der Waals surface area contributed by atoms with Gasteiger partial charge in [0.05, 0.1) is 0 Å². The van der Waals surface area contributed by atoms with E-state index in [9.17, 15) is 14.7 Å². The van der Waals surface area contributed by atoms with Crippen LogP contribution in [0.2, 0.25) is 0 Å². The van der Waals surface area contributed by atoms with Crippen molar-refractivity contribution in [2.45, 2.75) is 6.92 Å². The predicted molar refractivity (Wildman–Crippen MR) is 121 cm³/mol. The average Bonchev–Trinajstić information content (AvgIpc) is 3.10. The third-order valence-electron chi connectivity index (χ3n) is 4.74. The minimum Gasteiger partial charge on any atom is -0.508 e. The number of carboxylic acid groups (broad SMARTS) is 1. The molecule has 5 nitrogen and oxygen atoms in total. The summed E-state index contributed by atoms with van der Waals surface area (Å²) >= 11 is 1.27. The molecule has 0 aliphatic heterocycles. The second-order valence-electron chi connectivity index (χ2n) is 6.93. The Hall–Kier alpha value is -3.90. The third kappa shape index (κ3) is 4.34. The molecule has 3 aromatic carbocycles. The van der Waals surface area contributed by atoms with Crippen LogP contribution in [0.25, 0.3) is 16.2 Å². The van der Waals surface area contributed by atoms with Crippen molar-refractivity contribution in [3.05, 3.63) is 94.4 Å². The van der Waals surface area contributed by atoms with E-state index < -0.39 is 5.97 Å². The fourth-order valence-electron chi connectivity index (χ4n) is 3.19. The lowest BCUT2D eigenvalue weighted by Crippen LogP contribution is -2.03. The number of phenols is 1. The molecule has 0 fully saturated rings. The summed E-state index contributed by atoms with van der Waals surface area (Å²) in [5.74, 6) is -0.103. The van der Waals surface area contributed by atoms with Crippen molar-refractivity contribution < 1.29 is 24.5 Å². The molecule has 0 unspecified atom stereocenters. The van der Waals surface area contributed by atoms with E-state index in [2.05, 4.69) is 0 Å². The fraction of sp³-hybridized carbons (Fsp3) is 0.0400. The summed E-state index contributed by atoms with van der Waals surface area (Å²) in [6.07, 6.45) is 2.55. The molecule has 1 heterocycles. The first-order chi connectivity index (χ1) is 14.9. The second kappa shape index (κ2) is 8.45. The van der Waals surface area contributed by atoms with Gasteiger partial charge in [0.1, 0.15) is 16.4 Å². The van der Waals surface area contributed by atoms with Crippen LogP contribution in [0.5, 0.6) is 17.2 Å². The van der Waals surface area contributed by atoms with Crippen LogP contribution >= 0.6 is 11.3 Å². The number of aliphatic carboxylic acids is 1. The zero-order chi connectivity index (χ0) is 22.0. The van der Waals surface area contributed by atoms with Crippen LogP contribution in [-0.2, 0) is 4.79 Å². The molecule has 4 aromatic rings. The average molecular weight is 430 g/mol. The van der Waals surface area contributed by atoms with Gasteiger partial charge in [-0.2, -0.15) is 0 Å². The number of ketones is 1. The quantitative estimate of drug-likeness (QED) is 0.288. The van der Waals surface area contributed by atoms with Crippen LogP contribution in [0.4, 0.5) is 0 Å². The highest BCUT2D eigenvalue weighted by atomic mass is 32.1. The number of carboxylic acids is 1. The minimum atomic E-state index is -1.02. The number of phenolic OH excluding ortho intramolecular Hbond substituents is 1. The molecule has 1 aromatic heterocycles. The topological polar surface area (TPSA) is 83.8 Å². The van der Waals surface area contributed by atoms with Crippen molar-refractivity contribution in [3.63, 3.8) is 0 Å². The molecular formula is C25H18O5S. The monoisotopic (exact) mass is 430 g/mol. The Balaban J connectivity index is 1.76. The molecule has 4 rings (SSSR count). The minimum absolute atomic E-state index is 0.116. The van der Waals surface area contributed by atoms with Gasteiger partial charge in [0.25, 0.3) is 0 Å². The molecular weight excluding hydrogens is 412 g/mol. The number of hydrogen-bond acceptors (Lipinski definition) is 5. The van der Waals surface area contributed by atoms with Crippen LogP contribution in [0, 0.1) is 6.92 Å². The second-order valence-corrected chi connectivity index (χ2v) is 7.98. The van der Waals surface area contributed by atoms with E-state index in [0.717, 1.165) is 21.7 Å². The molecule has 0 saturated heterocycles. The summed E-state index contributed by atoms with van der Waals surface area (Å²) in [4.78, 5) is 24.5. The normalized spacial score (nSPS) is 11.1. The van der Waals surface area contributed by atoms with Gasteiger partial charge < -0.3 is 14.9 Å². The fourth-order valence-corrected chi connectivity index (χ4v) is 4.31. The summed E-state index contributed by atoms with van der Waals surface area (Å²) in [7, 11) is 0. The SMILES string of the molecule is Cc1ccccc1C(=O)c1sc2cc(O)ccc2c1Oc1ccc(C=CC(=O)O)cc1. The summed E-state index contributed by atoms with van der Waals surface area (Å²) in [6.45, 7) is 1.89. The van der Waals surface area contributed by atoms with Gasteiger partial charge in [-0.05, 0) is 54.5 Å². The Morgan fingerprint density at radius 3 is 2.45 bits per heavy atom. The van der Waals surface area contributed by atoms with E-state index >= 15 is 0 Å². The van der Waals surface area contributed by atoms with Crippen LogP contribution in [0.15, 0.2) is 72.8 Å². The number of aromatic hydroxyl groups is 1. The zero-order valence-electron chi connectivity index (χ0n) is 16.5. The Morgan fingerprint density at radius 1 is 1.00 bits per heavy atom. The highest BCUT2D eigenvalue weighted by molar-refractivity contribution is 7.21. The number of carbonyl (C=O) groups is 2. The van der Waals surface area contributed by atoms with E-state index in [1.54, 1.807) is 48.5 Å². The highest BCUT2D eigenvalue weighted by Crippen LogP contribution is 2.42. The van der Waals surface area contributed by atoms with Crippen molar-refractivity contribution in [3.8, 4) is 17.2 Å². The number of thiophene rings is 1. The molecule has 6 heteroatoms. The molecule has 0 aliphatic carbocycles. The molecule has 0 atom stereocenters. The molecule has 0 aliphatic rings. The first-order valence-corrected chi connectivity index (χ1v) is 10.3. The number of carbonyl (C=O) groups excluding carboxylic acids is 1. The standard InChI is InChI=1S/C25H18O5S/c1-15-4-2-3-5-19(15)23(29)25-24(20-12-9-17(26)14-21(20)31-25)30-18-10-6-16(7-11-18)8-13-22(27)28/h2-14,26H,1H3,(H,27,28). The number of hydrogen-bond donors (Lipinski definition) is 2. The summed E-state index contributed by atoms with van der Waals surface area (Å²) in [6, 6.07) is 19.2. The smallest absolute Gasteiger partial charge is 0.328 e. The van der Waals surface area contributed by atoms with E-state index in [-0.39, 0.29) is 11.5 Å². The van der Waals surface area contributed by atoms with Crippen LogP contribution < -0.4 is 4.74 Å². The van der Waals surface area contributed by atoms with E-state index in [4.69, 9.17) is 9.84 Å². The van der Waals surface area contributed by atoms with Gasteiger partial charge in [0, 0.05) is 21.7 Å². The van der Waals surface area contributed by atoms with Gasteiger partial charge in [-0.3, -0.25) is 4.79 Å². The van der Waals surface area contributed by atoms with Crippen molar-refractivity contribution in [2.75, 3.05) is 0 Å². The van der Waals surface area contributed by atoms with Gasteiger partial charge in [-0.15, -0.1) is 11.3 Å². The lowest BCUT2D eigenvalue weighted by molar-refractivity contribution is -0.131. The van der Waals surface area contributed by atoms with Gasteiger partial charge in [0.15, 0.2) is 5.75 Å². The highest BCUT2D eigenvalue weighted by Gasteiger charge is 2.23. The van der Waals surface area contributed by atoms with Crippen LogP contribution in [0.1, 0.15) is 26.4 Å². The maximum Gasteiger partial charge on any atom is 0.328 e. The van der Waals surface area contributed by atoms with Gasteiger partial charge in [0.2, 0.25) is 5.78 Å². The zero-order valence-corrected chi connectivity index (χ0v) is 17.3. The predicted octanol–water partition coefficient (Wildman–Crippen LogP) is 6.04. The molecule has 0 radical (unpaired) electrons. The Kier molecular flexibility index (Phi) is 5.56. The number of aryl methyl sites for hydroxylation is 1. The molecule has 0 amide bonds. The lowest BCUT2D eigenvalue weighted by atomic mass is 10.0. The van der Waals surface area contributed by atoms with Crippen LogP contribution in [0.3, 0.4) is 0 Å². The van der Waals surface area contributed by atoms with Crippen molar-refractivity contribution in [1.29, 1.82) is 0 Å². The number of benzene rings is 3. The first-order valence-electron chi connectivity index (χ1n) is 9.47. The molecule has 31 heavy (non-hydrogen) atoms. The van der Waals surface area contributed by atoms with E-state index in [1.807, 2.05) is 25.1 Å². The third-order valence-corrected chi connectivity index (χ3v) is 5.87. The first kappa shape index (κ1) is 20.4. The summed E-state index contributed by atoms with van der Waals surface area (Å²) in [5, 5.41) is 19.4. The van der Waals surface area contributed by atoms with Gasteiger partial charge >= 0.3 is 5.97 Å². The van der Waals surface area contributed by atoms with E-state index in [1.165, 1.54) is 17.4 Å².